The molecule has 0 radical (unpaired) electrons. The molecule has 0 spiro atoms. The zero-order valence-corrected chi connectivity index (χ0v) is 12.7. The summed E-state index contributed by atoms with van der Waals surface area (Å²) in [5.74, 6) is 0.734. The summed E-state index contributed by atoms with van der Waals surface area (Å²) in [6.07, 6.45) is 2.29. The number of nitrogens with zero attached hydrogens (tertiary/aromatic N) is 3. The second kappa shape index (κ2) is 6.10. The zero-order valence-electron chi connectivity index (χ0n) is 11.9. The summed E-state index contributed by atoms with van der Waals surface area (Å²) in [6.45, 7) is 0.604. The van der Waals surface area contributed by atoms with Gasteiger partial charge in [0, 0.05) is 20.0 Å². The van der Waals surface area contributed by atoms with Crippen molar-refractivity contribution in [2.24, 2.45) is 7.05 Å². The maximum atomic E-state index is 11.7. The van der Waals surface area contributed by atoms with Gasteiger partial charge in [-0.3, -0.25) is 4.68 Å². The Labute approximate surface area is 123 Å². The minimum absolute atomic E-state index is 0.138. The minimum atomic E-state index is -3.48. The number of sulfonamides is 1. The van der Waals surface area contributed by atoms with E-state index in [-0.39, 0.29) is 4.90 Å². The molecule has 0 aliphatic heterocycles. The van der Waals surface area contributed by atoms with Gasteiger partial charge >= 0.3 is 0 Å². The molecule has 0 saturated carbocycles. The molecule has 1 aromatic carbocycles. The van der Waals surface area contributed by atoms with Crippen molar-refractivity contribution in [1.29, 1.82) is 0 Å². The molecular formula is C12H18N6O2S. The minimum Gasteiger partial charge on any atom is -0.397 e. The lowest BCUT2D eigenvalue weighted by Crippen LogP contribution is -2.19. The highest BCUT2D eigenvalue weighted by Gasteiger charge is 2.12. The molecule has 0 amide bonds. The second-order valence-electron chi connectivity index (χ2n) is 4.47. The Morgan fingerprint density at radius 2 is 2.14 bits per heavy atom. The molecule has 114 valence electrons. The third kappa shape index (κ3) is 3.70. The highest BCUT2D eigenvalue weighted by molar-refractivity contribution is 7.89. The third-order valence-corrected chi connectivity index (χ3v) is 4.33. The number of aryl methyl sites for hydroxylation is 1. The average molecular weight is 310 g/mol. The molecule has 8 nitrogen and oxygen atoms in total. The van der Waals surface area contributed by atoms with Crippen molar-refractivity contribution < 1.29 is 8.42 Å². The number of benzene rings is 1. The van der Waals surface area contributed by atoms with Crippen LogP contribution in [0.4, 0.5) is 11.4 Å². The van der Waals surface area contributed by atoms with Gasteiger partial charge < -0.3 is 11.1 Å². The Morgan fingerprint density at radius 3 is 2.71 bits per heavy atom. The van der Waals surface area contributed by atoms with Crippen LogP contribution in [0.5, 0.6) is 0 Å². The summed E-state index contributed by atoms with van der Waals surface area (Å²) in [6, 6.07) is 4.57. The standard InChI is InChI=1S/C12H18N6O2S/c1-14-21(19,20)9-3-4-11(10(13)7-9)15-6-5-12-16-8-18(2)17-12/h3-4,7-8,14-15H,5-6,13H2,1-2H3. The quantitative estimate of drug-likeness (QED) is 0.645. The molecule has 0 atom stereocenters. The first-order valence-corrected chi connectivity index (χ1v) is 7.82. The normalized spacial score (nSPS) is 11.5. The van der Waals surface area contributed by atoms with Crippen LogP contribution in [0.2, 0.25) is 0 Å². The zero-order chi connectivity index (χ0) is 15.5. The molecule has 1 heterocycles. The summed E-state index contributed by atoms with van der Waals surface area (Å²) < 4.78 is 27.2. The molecule has 0 aliphatic carbocycles. The van der Waals surface area contributed by atoms with Crippen LogP contribution in [0.15, 0.2) is 29.4 Å². The van der Waals surface area contributed by atoms with E-state index in [2.05, 4.69) is 20.1 Å². The van der Waals surface area contributed by atoms with Gasteiger partial charge in [0.25, 0.3) is 0 Å². The first kappa shape index (κ1) is 15.3. The smallest absolute Gasteiger partial charge is 0.240 e. The summed E-state index contributed by atoms with van der Waals surface area (Å²) in [5.41, 5.74) is 6.92. The van der Waals surface area contributed by atoms with Crippen molar-refractivity contribution in [1.82, 2.24) is 19.5 Å². The molecule has 0 saturated heterocycles. The van der Waals surface area contributed by atoms with Crippen LogP contribution in [0, 0.1) is 0 Å². The van der Waals surface area contributed by atoms with Crippen LogP contribution < -0.4 is 15.8 Å². The van der Waals surface area contributed by atoms with Crippen molar-refractivity contribution in [2.45, 2.75) is 11.3 Å². The lowest BCUT2D eigenvalue weighted by molar-refractivity contribution is 0.588. The number of hydrogen-bond donors (Lipinski definition) is 3. The molecule has 21 heavy (non-hydrogen) atoms. The van der Waals surface area contributed by atoms with E-state index in [4.69, 9.17) is 5.73 Å². The first-order chi connectivity index (χ1) is 9.92. The topological polar surface area (TPSA) is 115 Å². The monoisotopic (exact) mass is 310 g/mol. The third-order valence-electron chi connectivity index (χ3n) is 2.91. The van der Waals surface area contributed by atoms with Gasteiger partial charge in [0.2, 0.25) is 10.0 Å². The highest BCUT2D eigenvalue weighted by Crippen LogP contribution is 2.22. The number of nitrogens with two attached hydrogens (primary N) is 1. The van der Waals surface area contributed by atoms with Crippen molar-refractivity contribution >= 4 is 21.4 Å². The largest absolute Gasteiger partial charge is 0.397 e. The van der Waals surface area contributed by atoms with Gasteiger partial charge in [0.05, 0.1) is 16.3 Å². The maximum absolute atomic E-state index is 11.7. The van der Waals surface area contributed by atoms with Gasteiger partial charge in [-0.2, -0.15) is 5.10 Å². The summed E-state index contributed by atoms with van der Waals surface area (Å²) >= 11 is 0. The van der Waals surface area contributed by atoms with Crippen LogP contribution in [0.3, 0.4) is 0 Å². The maximum Gasteiger partial charge on any atom is 0.240 e. The van der Waals surface area contributed by atoms with E-state index >= 15 is 0 Å². The molecule has 2 aromatic rings. The van der Waals surface area contributed by atoms with E-state index in [9.17, 15) is 8.42 Å². The van der Waals surface area contributed by atoms with E-state index in [1.54, 1.807) is 17.1 Å². The predicted molar refractivity (Wildman–Crippen MR) is 80.3 cm³/mol. The number of nitrogens with one attached hydrogen (secondary N) is 2. The average Bonchev–Trinajstić information content (AvgIpc) is 2.86. The second-order valence-corrected chi connectivity index (χ2v) is 6.35. The Bertz CT molecular complexity index is 725. The molecule has 1 aromatic heterocycles. The summed E-state index contributed by atoms with van der Waals surface area (Å²) in [5, 5.41) is 7.31. The summed E-state index contributed by atoms with van der Waals surface area (Å²) in [4.78, 5) is 4.26. The molecule has 0 fully saturated rings. The Morgan fingerprint density at radius 1 is 1.38 bits per heavy atom. The van der Waals surface area contributed by atoms with Gasteiger partial charge in [-0.25, -0.2) is 18.1 Å². The lowest BCUT2D eigenvalue weighted by atomic mass is 10.2. The number of anilines is 2. The van der Waals surface area contributed by atoms with Gasteiger partial charge in [-0.05, 0) is 25.2 Å². The van der Waals surface area contributed by atoms with Gasteiger partial charge in [-0.1, -0.05) is 0 Å². The van der Waals surface area contributed by atoms with Crippen LogP contribution in [-0.4, -0.2) is 36.8 Å². The number of rotatable bonds is 6. The van der Waals surface area contributed by atoms with Gasteiger partial charge in [0.15, 0.2) is 5.82 Å². The molecule has 4 N–H and O–H groups in total. The van der Waals surface area contributed by atoms with Gasteiger partial charge in [-0.15, -0.1) is 0 Å². The van der Waals surface area contributed by atoms with Crippen LogP contribution in [-0.2, 0) is 23.5 Å². The van der Waals surface area contributed by atoms with E-state index in [0.29, 0.717) is 24.3 Å². The fourth-order valence-electron chi connectivity index (χ4n) is 1.79. The van der Waals surface area contributed by atoms with Crippen molar-refractivity contribution in [3.8, 4) is 0 Å². The van der Waals surface area contributed by atoms with Crippen molar-refractivity contribution in [2.75, 3.05) is 24.6 Å². The Balaban J connectivity index is 2.01. The molecule has 0 unspecified atom stereocenters. The molecule has 2 rings (SSSR count). The SMILES string of the molecule is CNS(=O)(=O)c1ccc(NCCc2ncn(C)n2)c(N)c1. The predicted octanol–water partition coefficient (Wildman–Crippen LogP) is -0.0400. The van der Waals surface area contributed by atoms with Crippen molar-refractivity contribution in [3.05, 3.63) is 30.4 Å². The van der Waals surface area contributed by atoms with Crippen molar-refractivity contribution in [3.63, 3.8) is 0 Å². The molecular weight excluding hydrogens is 292 g/mol. The van der Waals surface area contributed by atoms with Crippen LogP contribution >= 0.6 is 0 Å². The number of aromatic nitrogens is 3. The first-order valence-electron chi connectivity index (χ1n) is 6.34. The van der Waals surface area contributed by atoms with Gasteiger partial charge in [0.1, 0.15) is 6.33 Å². The number of hydrogen-bond acceptors (Lipinski definition) is 6. The highest BCUT2D eigenvalue weighted by atomic mass is 32.2. The Hall–Kier alpha value is -2.13. The molecule has 0 bridgehead atoms. The Kier molecular flexibility index (Phi) is 4.43. The fraction of sp³-hybridized carbons (Fsp3) is 0.333. The summed E-state index contributed by atoms with van der Waals surface area (Å²) in [7, 11) is -0.312. The fourth-order valence-corrected chi connectivity index (χ4v) is 2.56. The lowest BCUT2D eigenvalue weighted by Gasteiger charge is -2.10. The van der Waals surface area contributed by atoms with E-state index in [0.717, 1.165) is 5.82 Å². The molecule has 9 heteroatoms. The molecule has 0 aliphatic rings. The van der Waals surface area contributed by atoms with E-state index in [1.807, 2.05) is 7.05 Å². The van der Waals surface area contributed by atoms with E-state index < -0.39 is 10.0 Å². The van der Waals surface area contributed by atoms with Crippen LogP contribution in [0.1, 0.15) is 5.82 Å². The number of nitrogen functional groups attached to an aromatic ring is 1. The van der Waals surface area contributed by atoms with Crippen LogP contribution in [0.25, 0.3) is 0 Å². The van der Waals surface area contributed by atoms with E-state index in [1.165, 1.54) is 19.2 Å².